The van der Waals surface area contributed by atoms with Crippen molar-refractivity contribution in [1.82, 2.24) is 4.31 Å². The number of hydrogen-bond donors (Lipinski definition) is 0. The van der Waals surface area contributed by atoms with Crippen LogP contribution in [0.5, 0.6) is 5.75 Å². The highest BCUT2D eigenvalue weighted by Crippen LogP contribution is 2.19. The number of nitrogens with zero attached hydrogens (tertiary/aromatic N) is 1. The first-order valence-electron chi connectivity index (χ1n) is 6.50. The molecule has 2 rings (SSSR count). The van der Waals surface area contributed by atoms with Gasteiger partial charge in [-0.25, -0.2) is 8.42 Å². The summed E-state index contributed by atoms with van der Waals surface area (Å²) in [5.74, 6) is 0.598. The lowest BCUT2D eigenvalue weighted by Gasteiger charge is -2.17. The predicted octanol–water partition coefficient (Wildman–Crippen LogP) is 3.69. The molecule has 0 spiro atoms. The quantitative estimate of drug-likeness (QED) is 0.789. The zero-order valence-corrected chi connectivity index (χ0v) is 14.2. The van der Waals surface area contributed by atoms with E-state index in [1.165, 1.54) is 23.5 Å². The molecule has 0 heterocycles. The number of likely N-dealkylation sites (N-methyl/N-ethyl adjacent to an activating group) is 1. The van der Waals surface area contributed by atoms with Crippen LogP contribution in [0.25, 0.3) is 0 Å². The van der Waals surface area contributed by atoms with Gasteiger partial charge in [0, 0.05) is 23.6 Å². The molecule has 0 bridgehead atoms. The Morgan fingerprint density at radius 1 is 1.05 bits per heavy atom. The Labute approximate surface area is 140 Å². The first kappa shape index (κ1) is 17.1. The lowest BCUT2D eigenvalue weighted by Crippen LogP contribution is -2.31. The van der Waals surface area contributed by atoms with Gasteiger partial charge in [-0.15, -0.1) is 0 Å². The first-order chi connectivity index (χ1) is 10.4. The van der Waals surface area contributed by atoms with Crippen LogP contribution in [0.1, 0.15) is 0 Å². The molecule has 2 aromatic carbocycles. The van der Waals surface area contributed by atoms with Crippen LogP contribution in [0, 0.1) is 0 Å². The van der Waals surface area contributed by atoms with E-state index in [1.807, 2.05) is 0 Å². The lowest BCUT2D eigenvalue weighted by atomic mass is 10.3. The topological polar surface area (TPSA) is 46.6 Å². The maximum absolute atomic E-state index is 12.4. The third-order valence-electron chi connectivity index (χ3n) is 2.98. The summed E-state index contributed by atoms with van der Waals surface area (Å²) in [6.45, 7) is 0.429. The second-order valence-electron chi connectivity index (χ2n) is 4.59. The van der Waals surface area contributed by atoms with Gasteiger partial charge in [-0.1, -0.05) is 35.3 Å². The molecule has 0 aliphatic rings. The average Bonchev–Trinajstić information content (AvgIpc) is 2.47. The molecule has 0 radical (unpaired) electrons. The van der Waals surface area contributed by atoms with E-state index in [4.69, 9.17) is 27.9 Å². The highest BCUT2D eigenvalue weighted by Gasteiger charge is 2.20. The van der Waals surface area contributed by atoms with Gasteiger partial charge in [0.1, 0.15) is 12.4 Å². The summed E-state index contributed by atoms with van der Waals surface area (Å²) in [5, 5.41) is 0.946. The minimum absolute atomic E-state index is 0.158. The Hall–Kier alpha value is -1.27. The van der Waals surface area contributed by atoms with Crippen LogP contribution >= 0.6 is 23.2 Å². The number of ether oxygens (including phenoxy) is 1. The van der Waals surface area contributed by atoms with Gasteiger partial charge in [0.15, 0.2) is 0 Å². The minimum Gasteiger partial charge on any atom is -0.492 e. The zero-order valence-electron chi connectivity index (χ0n) is 11.9. The Kier molecular flexibility index (Phi) is 5.69. The molecule has 0 aliphatic carbocycles. The van der Waals surface area contributed by atoms with Crippen LogP contribution in [0.3, 0.4) is 0 Å². The Morgan fingerprint density at radius 2 is 1.68 bits per heavy atom. The second kappa shape index (κ2) is 7.33. The van der Waals surface area contributed by atoms with Gasteiger partial charge in [-0.2, -0.15) is 4.31 Å². The number of halogens is 2. The van der Waals surface area contributed by atoms with E-state index in [-0.39, 0.29) is 18.0 Å². The van der Waals surface area contributed by atoms with Crippen molar-refractivity contribution in [1.29, 1.82) is 0 Å². The van der Waals surface area contributed by atoms with Crippen LogP contribution in [0.2, 0.25) is 10.0 Å². The molecule has 0 saturated heterocycles. The first-order valence-corrected chi connectivity index (χ1v) is 8.69. The van der Waals surface area contributed by atoms with Crippen molar-refractivity contribution < 1.29 is 13.2 Å². The summed E-state index contributed by atoms with van der Waals surface area (Å²) in [5.41, 5.74) is 0. The molecule has 118 valence electrons. The zero-order chi connectivity index (χ0) is 16.2. The van der Waals surface area contributed by atoms with Crippen LogP contribution in [-0.4, -0.2) is 32.9 Å². The summed E-state index contributed by atoms with van der Waals surface area (Å²) >= 11 is 11.7. The fourth-order valence-corrected chi connectivity index (χ4v) is 3.41. The van der Waals surface area contributed by atoms with E-state index >= 15 is 0 Å². The highest BCUT2D eigenvalue weighted by molar-refractivity contribution is 7.89. The van der Waals surface area contributed by atoms with Crippen molar-refractivity contribution in [3.63, 3.8) is 0 Å². The average molecular weight is 360 g/mol. The maximum Gasteiger partial charge on any atom is 0.242 e. The summed E-state index contributed by atoms with van der Waals surface area (Å²) in [6, 6.07) is 13.1. The molecule has 0 saturated carbocycles. The molecule has 0 amide bonds. The van der Waals surface area contributed by atoms with Crippen molar-refractivity contribution in [2.24, 2.45) is 0 Å². The monoisotopic (exact) mass is 359 g/mol. The number of rotatable bonds is 6. The highest BCUT2D eigenvalue weighted by atomic mass is 35.5. The smallest absolute Gasteiger partial charge is 0.242 e. The van der Waals surface area contributed by atoms with Crippen molar-refractivity contribution in [2.45, 2.75) is 4.90 Å². The molecule has 0 aliphatic heterocycles. The molecule has 0 atom stereocenters. The van der Waals surface area contributed by atoms with E-state index < -0.39 is 10.0 Å². The van der Waals surface area contributed by atoms with Gasteiger partial charge in [0.05, 0.1) is 4.90 Å². The largest absolute Gasteiger partial charge is 0.492 e. The molecule has 4 nitrogen and oxygen atoms in total. The molecule has 0 unspecified atom stereocenters. The number of hydrogen-bond acceptors (Lipinski definition) is 3. The van der Waals surface area contributed by atoms with Gasteiger partial charge in [0.25, 0.3) is 0 Å². The second-order valence-corrected chi connectivity index (χ2v) is 7.51. The van der Waals surface area contributed by atoms with Gasteiger partial charge >= 0.3 is 0 Å². The standard InChI is InChI=1S/C15H15Cl2NO3S/c1-18(8-9-21-14-6-2-4-12(16)10-14)22(19,20)15-7-3-5-13(17)11-15/h2-7,10-11H,8-9H2,1H3. The fourth-order valence-electron chi connectivity index (χ4n) is 1.78. The predicted molar refractivity (Wildman–Crippen MR) is 88.2 cm³/mol. The third kappa shape index (κ3) is 4.36. The van der Waals surface area contributed by atoms with E-state index in [0.717, 1.165) is 0 Å². The van der Waals surface area contributed by atoms with Gasteiger partial charge < -0.3 is 4.74 Å². The van der Waals surface area contributed by atoms with E-state index in [2.05, 4.69) is 0 Å². The van der Waals surface area contributed by atoms with Crippen LogP contribution in [-0.2, 0) is 10.0 Å². The van der Waals surface area contributed by atoms with Crippen LogP contribution in [0.4, 0.5) is 0 Å². The molecule has 2 aromatic rings. The van der Waals surface area contributed by atoms with Gasteiger partial charge in [0.2, 0.25) is 10.0 Å². The molecule has 0 aromatic heterocycles. The van der Waals surface area contributed by atoms with Gasteiger partial charge in [-0.05, 0) is 36.4 Å². The Balaban J connectivity index is 1.98. The molecule has 0 fully saturated rings. The molecule has 22 heavy (non-hydrogen) atoms. The van der Waals surface area contributed by atoms with E-state index in [9.17, 15) is 8.42 Å². The SMILES string of the molecule is CN(CCOc1cccc(Cl)c1)S(=O)(=O)c1cccc(Cl)c1. The summed E-state index contributed by atoms with van der Waals surface area (Å²) in [6.07, 6.45) is 0. The van der Waals surface area contributed by atoms with E-state index in [0.29, 0.717) is 15.8 Å². The normalized spacial score (nSPS) is 11.6. The van der Waals surface area contributed by atoms with Gasteiger partial charge in [-0.3, -0.25) is 0 Å². The number of sulfonamides is 1. The van der Waals surface area contributed by atoms with Crippen molar-refractivity contribution >= 4 is 33.2 Å². The summed E-state index contributed by atoms with van der Waals surface area (Å²) in [4.78, 5) is 0.158. The fraction of sp³-hybridized carbons (Fsp3) is 0.200. The lowest BCUT2D eigenvalue weighted by molar-refractivity contribution is 0.287. The van der Waals surface area contributed by atoms with Crippen molar-refractivity contribution in [3.8, 4) is 5.75 Å². The molecular weight excluding hydrogens is 345 g/mol. The minimum atomic E-state index is -3.58. The van der Waals surface area contributed by atoms with E-state index in [1.54, 1.807) is 36.4 Å². The molecular formula is C15H15Cl2NO3S. The van der Waals surface area contributed by atoms with Crippen molar-refractivity contribution in [2.75, 3.05) is 20.2 Å². The summed E-state index contributed by atoms with van der Waals surface area (Å²) in [7, 11) is -2.08. The molecule has 7 heteroatoms. The van der Waals surface area contributed by atoms with Crippen molar-refractivity contribution in [3.05, 3.63) is 58.6 Å². The third-order valence-corrected chi connectivity index (χ3v) is 5.30. The molecule has 0 N–H and O–H groups in total. The maximum atomic E-state index is 12.4. The Morgan fingerprint density at radius 3 is 2.32 bits per heavy atom. The van der Waals surface area contributed by atoms with Crippen LogP contribution < -0.4 is 4.74 Å². The number of benzene rings is 2. The Bertz CT molecular complexity index is 750. The summed E-state index contributed by atoms with van der Waals surface area (Å²) < 4.78 is 31.5. The van der Waals surface area contributed by atoms with Crippen LogP contribution in [0.15, 0.2) is 53.4 Å².